The van der Waals surface area contributed by atoms with Crippen LogP contribution >= 0.6 is 16.9 Å². The SMILES string of the molecule is N#Cc1cccc(-c2oc3c(CNCCOP(O)O)ccc4c3c2C=C(CNCCO[P+](=O)O)C4=O)c1. The van der Waals surface area contributed by atoms with Crippen molar-refractivity contribution in [2.45, 2.75) is 6.54 Å². The van der Waals surface area contributed by atoms with Gasteiger partial charge >= 0.3 is 16.9 Å². The van der Waals surface area contributed by atoms with Gasteiger partial charge in [-0.3, -0.25) is 4.79 Å². The van der Waals surface area contributed by atoms with Crippen LogP contribution in [0.3, 0.4) is 0 Å². The molecule has 13 heteroatoms. The highest BCUT2D eigenvalue weighted by Gasteiger charge is 2.28. The number of ketones is 1. The Hall–Kier alpha value is -2.87. The van der Waals surface area contributed by atoms with Crippen molar-refractivity contribution in [3.63, 3.8) is 0 Å². The minimum absolute atomic E-state index is 0.0194. The van der Waals surface area contributed by atoms with E-state index in [4.69, 9.17) is 23.6 Å². The van der Waals surface area contributed by atoms with Gasteiger partial charge in [0.15, 0.2) is 5.78 Å². The summed E-state index contributed by atoms with van der Waals surface area (Å²) < 4.78 is 26.4. The zero-order chi connectivity index (χ0) is 26.4. The van der Waals surface area contributed by atoms with Crippen LogP contribution < -0.4 is 10.6 Å². The Morgan fingerprint density at radius 1 is 1.11 bits per heavy atom. The average Bonchev–Trinajstić information content (AvgIpc) is 3.26. The summed E-state index contributed by atoms with van der Waals surface area (Å²) in [5.74, 6) is 0.366. The summed E-state index contributed by atoms with van der Waals surface area (Å²) in [5, 5.41) is 16.2. The van der Waals surface area contributed by atoms with Crippen molar-refractivity contribution in [1.29, 1.82) is 5.26 Å². The van der Waals surface area contributed by atoms with Crippen LogP contribution in [0, 0.1) is 11.3 Å². The van der Waals surface area contributed by atoms with Crippen molar-refractivity contribution < 1.29 is 37.5 Å². The Bertz CT molecular complexity index is 1400. The number of hydrogen-bond donors (Lipinski definition) is 5. The van der Waals surface area contributed by atoms with Gasteiger partial charge in [0.25, 0.3) is 0 Å². The first kappa shape index (κ1) is 27.2. The predicted molar refractivity (Wildman–Crippen MR) is 136 cm³/mol. The van der Waals surface area contributed by atoms with Gasteiger partial charge in [0.05, 0.1) is 18.2 Å². The Kier molecular flexibility index (Phi) is 9.24. The molecule has 0 saturated heterocycles. The molecule has 0 spiro atoms. The summed E-state index contributed by atoms with van der Waals surface area (Å²) in [7, 11) is -5.09. The fraction of sp³-hybridized carbons (Fsp3) is 0.250. The fourth-order valence-corrected chi connectivity index (χ4v) is 4.58. The standard InChI is InChI=1S/C24H23N3O8P2/c25-12-15-2-1-3-16(10-15)23-20-11-18(14-27-7-9-34-37(31)32)22(28)19-5-4-17(24(35-23)21(19)20)13-26-6-8-33-36(29)30/h1-5,10-11,26-27,29-30H,6-9,13-14H2/p+1. The first-order chi connectivity index (χ1) is 17.9. The maximum Gasteiger partial charge on any atom is 0.694 e. The molecule has 0 bridgehead atoms. The average molecular weight is 544 g/mol. The van der Waals surface area contributed by atoms with Gasteiger partial charge < -0.3 is 29.4 Å². The second kappa shape index (κ2) is 12.6. The van der Waals surface area contributed by atoms with E-state index < -0.39 is 16.9 Å². The van der Waals surface area contributed by atoms with Crippen molar-refractivity contribution in [2.75, 3.05) is 32.8 Å². The topological polar surface area (TPSA) is 174 Å². The highest BCUT2D eigenvalue weighted by atomic mass is 31.2. The van der Waals surface area contributed by atoms with Crippen molar-refractivity contribution in [1.82, 2.24) is 10.6 Å². The zero-order valence-electron chi connectivity index (χ0n) is 19.5. The lowest BCUT2D eigenvalue weighted by Crippen LogP contribution is -2.25. The van der Waals surface area contributed by atoms with Gasteiger partial charge in [-0.25, -0.2) is 0 Å². The first-order valence-corrected chi connectivity index (χ1v) is 13.5. The van der Waals surface area contributed by atoms with Crippen molar-refractivity contribution in [2.24, 2.45) is 0 Å². The monoisotopic (exact) mass is 544 g/mol. The number of nitrogens with one attached hydrogen (secondary N) is 2. The van der Waals surface area contributed by atoms with Gasteiger partial charge in [-0.2, -0.15) is 5.26 Å². The van der Waals surface area contributed by atoms with Gasteiger partial charge in [-0.05, 0) is 24.3 Å². The first-order valence-electron chi connectivity index (χ1n) is 11.2. The summed E-state index contributed by atoms with van der Waals surface area (Å²) in [6.07, 6.45) is 1.77. The van der Waals surface area contributed by atoms with Crippen LogP contribution in [0.1, 0.15) is 27.0 Å². The summed E-state index contributed by atoms with van der Waals surface area (Å²) in [6, 6.07) is 12.7. The summed E-state index contributed by atoms with van der Waals surface area (Å²) in [5.41, 5.74) is 4.22. The molecule has 2 aromatic carbocycles. The molecule has 3 aromatic rings. The van der Waals surface area contributed by atoms with Crippen LogP contribution in [0.2, 0.25) is 0 Å². The van der Waals surface area contributed by atoms with E-state index in [0.29, 0.717) is 52.1 Å². The number of carbonyl (C=O) groups is 1. The summed E-state index contributed by atoms with van der Waals surface area (Å²) in [6.45, 7) is 1.39. The minimum atomic E-state index is -2.68. The summed E-state index contributed by atoms with van der Waals surface area (Å²) >= 11 is 0. The van der Waals surface area contributed by atoms with Gasteiger partial charge in [-0.1, -0.05) is 18.2 Å². The molecule has 0 radical (unpaired) electrons. The van der Waals surface area contributed by atoms with Crippen molar-refractivity contribution >= 4 is 39.7 Å². The number of furan rings is 1. The lowest BCUT2D eigenvalue weighted by Gasteiger charge is -2.15. The van der Waals surface area contributed by atoms with Crippen LogP contribution in [0.4, 0.5) is 0 Å². The second-order valence-corrected chi connectivity index (χ2v) is 9.52. The highest BCUT2D eigenvalue weighted by molar-refractivity contribution is 7.39. The molecular formula is C24H24N3O8P2+. The molecule has 1 aromatic heterocycles. The van der Waals surface area contributed by atoms with E-state index in [1.165, 1.54) is 0 Å². The Morgan fingerprint density at radius 3 is 2.65 bits per heavy atom. The number of Topliss-reactive ketones (excluding diaryl/α,β-unsaturated/α-hetero) is 1. The zero-order valence-corrected chi connectivity index (χ0v) is 21.3. The fourth-order valence-electron chi connectivity index (χ4n) is 4.08. The Balaban J connectivity index is 1.68. The van der Waals surface area contributed by atoms with E-state index in [9.17, 15) is 14.6 Å². The number of nitriles is 1. The van der Waals surface area contributed by atoms with Crippen LogP contribution in [0.15, 0.2) is 46.4 Å². The highest BCUT2D eigenvalue weighted by Crippen LogP contribution is 2.42. The van der Waals surface area contributed by atoms with Crippen LogP contribution in [0.5, 0.6) is 0 Å². The molecule has 1 unspecified atom stereocenters. The molecule has 1 aliphatic carbocycles. The van der Waals surface area contributed by atoms with E-state index in [-0.39, 0.29) is 32.1 Å². The lowest BCUT2D eigenvalue weighted by molar-refractivity contribution is 0.103. The number of nitrogens with zero attached hydrogens (tertiary/aromatic N) is 1. The lowest BCUT2D eigenvalue weighted by atomic mass is 9.88. The molecule has 0 aliphatic heterocycles. The molecule has 37 heavy (non-hydrogen) atoms. The number of benzene rings is 2. The van der Waals surface area contributed by atoms with E-state index in [1.807, 2.05) is 6.07 Å². The molecule has 4 rings (SSSR count). The smallest absolute Gasteiger partial charge is 0.455 e. The van der Waals surface area contributed by atoms with Crippen LogP contribution in [-0.4, -0.2) is 53.3 Å². The molecule has 0 fully saturated rings. The van der Waals surface area contributed by atoms with Gasteiger partial charge in [0.2, 0.25) is 0 Å². The quantitative estimate of drug-likeness (QED) is 0.158. The number of hydrogen-bond acceptors (Lipinski definition) is 10. The maximum absolute atomic E-state index is 13.3. The number of rotatable bonds is 13. The van der Waals surface area contributed by atoms with Gasteiger partial charge in [-0.15, -0.1) is 9.42 Å². The molecule has 1 atom stereocenters. The second-order valence-electron chi connectivity index (χ2n) is 8.02. The Labute approximate surface area is 214 Å². The molecule has 5 N–H and O–H groups in total. The molecule has 1 aliphatic rings. The molecular weight excluding hydrogens is 520 g/mol. The summed E-state index contributed by atoms with van der Waals surface area (Å²) in [4.78, 5) is 39.8. The molecule has 11 nitrogen and oxygen atoms in total. The van der Waals surface area contributed by atoms with Crippen molar-refractivity contribution in [3.05, 3.63) is 64.2 Å². The minimum Gasteiger partial charge on any atom is -0.455 e. The molecule has 1 heterocycles. The third-order valence-electron chi connectivity index (χ3n) is 5.66. The normalized spacial score (nSPS) is 13.2. The van der Waals surface area contributed by atoms with E-state index in [1.54, 1.807) is 36.4 Å². The van der Waals surface area contributed by atoms with Crippen LogP contribution in [-0.2, 0) is 20.2 Å². The van der Waals surface area contributed by atoms with Crippen LogP contribution in [0.25, 0.3) is 28.4 Å². The molecule has 192 valence electrons. The number of carbonyl (C=O) groups excluding carboxylic acids is 1. The molecule has 0 saturated carbocycles. The van der Waals surface area contributed by atoms with Crippen molar-refractivity contribution in [3.8, 4) is 17.4 Å². The maximum atomic E-state index is 13.3. The van der Waals surface area contributed by atoms with Gasteiger partial charge in [0.1, 0.15) is 18.0 Å². The van der Waals surface area contributed by atoms with E-state index in [2.05, 4.69) is 21.2 Å². The van der Waals surface area contributed by atoms with E-state index >= 15 is 0 Å². The molecule has 0 amide bonds. The van der Waals surface area contributed by atoms with E-state index in [0.717, 1.165) is 11.1 Å². The largest absolute Gasteiger partial charge is 0.694 e. The third kappa shape index (κ3) is 6.53. The third-order valence-corrected chi connectivity index (χ3v) is 6.48. The predicted octanol–water partition coefficient (Wildman–Crippen LogP) is 3.12. The van der Waals surface area contributed by atoms with Gasteiger partial charge in [0, 0.05) is 64.0 Å². The Morgan fingerprint density at radius 2 is 1.89 bits per heavy atom.